The summed E-state index contributed by atoms with van der Waals surface area (Å²) in [5, 5.41) is 22.3. The number of hydrogen-bond acceptors (Lipinski definition) is 5. The summed E-state index contributed by atoms with van der Waals surface area (Å²) >= 11 is 0. The maximum absolute atomic E-state index is 12.1. The van der Waals surface area contributed by atoms with E-state index in [-0.39, 0.29) is 5.56 Å². The Bertz CT molecular complexity index is 1080. The molecular weight excluding hydrogens is 270 g/mol. The van der Waals surface area contributed by atoms with Gasteiger partial charge in [-0.2, -0.15) is 20.7 Å². The van der Waals surface area contributed by atoms with Crippen molar-refractivity contribution in [1.82, 2.24) is 30.0 Å². The zero-order valence-corrected chi connectivity index (χ0v) is 10.5. The molecule has 4 aromatic rings. The lowest BCUT2D eigenvalue weighted by molar-refractivity contribution is 0.901. The Morgan fingerprint density at radius 1 is 1.19 bits per heavy atom. The van der Waals surface area contributed by atoms with E-state index in [4.69, 9.17) is 5.26 Å². The molecule has 3 heterocycles. The minimum absolute atomic E-state index is 0.281. The fraction of sp³-hybridized carbons (Fsp3) is 0. The van der Waals surface area contributed by atoms with Gasteiger partial charge in [0.05, 0.1) is 5.69 Å². The van der Waals surface area contributed by atoms with Gasteiger partial charge >= 0.3 is 0 Å². The molecule has 0 spiro atoms. The van der Waals surface area contributed by atoms with Crippen molar-refractivity contribution in [2.45, 2.75) is 0 Å². The molecule has 0 bridgehead atoms. The number of nitrogens with zero attached hydrogens (tertiary/aromatic N) is 5. The van der Waals surface area contributed by atoms with Crippen LogP contribution in [0, 0.1) is 11.3 Å². The highest BCUT2D eigenvalue weighted by atomic mass is 16.1. The van der Waals surface area contributed by atoms with Crippen LogP contribution in [0.3, 0.4) is 0 Å². The predicted octanol–water partition coefficient (Wildman–Crippen LogP) is 0.833. The fourth-order valence-corrected chi connectivity index (χ4v) is 2.21. The van der Waals surface area contributed by atoms with Crippen LogP contribution < -0.4 is 5.56 Å². The molecule has 0 amide bonds. The van der Waals surface area contributed by atoms with E-state index in [2.05, 4.69) is 25.5 Å². The number of H-pyrrole nitrogens is 2. The molecule has 0 radical (unpaired) electrons. The highest BCUT2D eigenvalue weighted by Crippen LogP contribution is 2.20. The summed E-state index contributed by atoms with van der Waals surface area (Å²) in [5.41, 5.74) is 2.98. The van der Waals surface area contributed by atoms with Gasteiger partial charge in [0.1, 0.15) is 22.7 Å². The van der Waals surface area contributed by atoms with E-state index < -0.39 is 0 Å². The van der Waals surface area contributed by atoms with E-state index in [1.165, 1.54) is 16.8 Å². The van der Waals surface area contributed by atoms with E-state index in [9.17, 15) is 4.79 Å². The first kappa shape index (κ1) is 11.4. The molecule has 21 heavy (non-hydrogen) atoms. The number of benzene rings is 1. The first-order valence-corrected chi connectivity index (χ1v) is 6.08. The van der Waals surface area contributed by atoms with Crippen LogP contribution in [0.5, 0.6) is 0 Å². The zero-order valence-electron chi connectivity index (χ0n) is 10.5. The molecule has 4 rings (SSSR count). The Morgan fingerprint density at radius 2 is 2.05 bits per heavy atom. The number of aromatic amines is 2. The lowest BCUT2D eigenvalue weighted by Crippen LogP contribution is -2.14. The van der Waals surface area contributed by atoms with E-state index in [0.29, 0.717) is 22.4 Å². The second-order valence-electron chi connectivity index (χ2n) is 4.46. The lowest BCUT2D eigenvalue weighted by Gasteiger charge is -2.01. The zero-order chi connectivity index (χ0) is 14.4. The number of nitriles is 1. The number of fused-ring (bicyclic) bond motifs is 2. The predicted molar refractivity (Wildman–Crippen MR) is 73.4 cm³/mol. The highest BCUT2D eigenvalue weighted by Gasteiger charge is 2.10. The molecule has 0 saturated carbocycles. The molecule has 8 heteroatoms. The fourth-order valence-electron chi connectivity index (χ4n) is 2.21. The number of rotatable bonds is 1. The van der Waals surface area contributed by atoms with Crippen molar-refractivity contribution < 1.29 is 0 Å². The van der Waals surface area contributed by atoms with Crippen LogP contribution in [0.15, 0.2) is 35.3 Å². The van der Waals surface area contributed by atoms with Crippen LogP contribution in [0.4, 0.5) is 0 Å². The average Bonchev–Trinajstić information content (AvgIpc) is 3.12. The van der Waals surface area contributed by atoms with Gasteiger partial charge in [-0.15, -0.1) is 0 Å². The minimum atomic E-state index is -0.281. The maximum atomic E-state index is 12.1. The third-order valence-corrected chi connectivity index (χ3v) is 3.23. The summed E-state index contributed by atoms with van der Waals surface area (Å²) in [5.74, 6) is 0. The Labute approximate surface area is 116 Å². The molecule has 0 aliphatic rings. The van der Waals surface area contributed by atoms with Gasteiger partial charge in [-0.1, -0.05) is 6.07 Å². The maximum Gasteiger partial charge on any atom is 0.273 e. The van der Waals surface area contributed by atoms with E-state index in [1.807, 2.05) is 12.1 Å². The van der Waals surface area contributed by atoms with Gasteiger partial charge in [0.15, 0.2) is 5.65 Å². The van der Waals surface area contributed by atoms with Gasteiger partial charge in [-0.25, -0.2) is 9.50 Å². The molecule has 0 unspecified atom stereocenters. The van der Waals surface area contributed by atoms with Gasteiger partial charge in [0.25, 0.3) is 5.56 Å². The molecule has 0 fully saturated rings. The first-order chi connectivity index (χ1) is 10.3. The molecule has 100 valence electrons. The second-order valence-corrected chi connectivity index (χ2v) is 4.46. The SMILES string of the molecule is N#Cc1c[nH]n2c(=O)cc(-c3ccc4n[nH]nc4c3)nc12. The molecule has 0 atom stereocenters. The first-order valence-electron chi connectivity index (χ1n) is 6.08. The standard InChI is InChI=1S/C13H7N7O/c14-5-8-6-15-20-12(21)4-10(16-13(8)20)7-1-2-9-11(3-7)18-19-17-9/h1-4,6,15H,(H,17,18,19). The Balaban J connectivity index is 2.01. The number of nitrogens with one attached hydrogen (secondary N) is 2. The molecular formula is C13H7N7O. The minimum Gasteiger partial charge on any atom is -0.295 e. The van der Waals surface area contributed by atoms with Crippen LogP contribution >= 0.6 is 0 Å². The average molecular weight is 277 g/mol. The molecule has 0 aliphatic carbocycles. The van der Waals surface area contributed by atoms with E-state index in [1.54, 1.807) is 12.1 Å². The van der Waals surface area contributed by atoms with Crippen LogP contribution in [-0.4, -0.2) is 30.0 Å². The lowest BCUT2D eigenvalue weighted by atomic mass is 10.1. The molecule has 3 aromatic heterocycles. The number of aromatic nitrogens is 6. The third-order valence-electron chi connectivity index (χ3n) is 3.23. The van der Waals surface area contributed by atoms with Crippen LogP contribution in [0.1, 0.15) is 5.56 Å². The smallest absolute Gasteiger partial charge is 0.273 e. The third kappa shape index (κ3) is 1.61. The van der Waals surface area contributed by atoms with Crippen molar-refractivity contribution in [3.63, 3.8) is 0 Å². The van der Waals surface area contributed by atoms with Gasteiger partial charge < -0.3 is 0 Å². The van der Waals surface area contributed by atoms with Crippen molar-refractivity contribution in [1.29, 1.82) is 5.26 Å². The molecule has 0 saturated heterocycles. The molecule has 0 aliphatic heterocycles. The van der Waals surface area contributed by atoms with Gasteiger partial charge in [0.2, 0.25) is 0 Å². The summed E-state index contributed by atoms with van der Waals surface area (Å²) in [6.07, 6.45) is 1.45. The molecule has 8 nitrogen and oxygen atoms in total. The summed E-state index contributed by atoms with van der Waals surface area (Å²) in [7, 11) is 0. The van der Waals surface area contributed by atoms with Gasteiger partial charge in [-0.05, 0) is 12.1 Å². The quantitative estimate of drug-likeness (QED) is 0.534. The Kier molecular flexibility index (Phi) is 2.17. The topological polar surface area (TPSA) is 116 Å². The van der Waals surface area contributed by atoms with E-state index in [0.717, 1.165) is 11.1 Å². The largest absolute Gasteiger partial charge is 0.295 e. The van der Waals surface area contributed by atoms with Crippen molar-refractivity contribution >= 4 is 16.7 Å². The Hall–Kier alpha value is -3.47. The van der Waals surface area contributed by atoms with Crippen molar-refractivity contribution in [3.8, 4) is 17.3 Å². The highest BCUT2D eigenvalue weighted by molar-refractivity contribution is 5.80. The normalized spacial score (nSPS) is 11.0. The monoisotopic (exact) mass is 277 g/mol. The van der Waals surface area contributed by atoms with Crippen LogP contribution in [-0.2, 0) is 0 Å². The molecule has 2 N–H and O–H groups in total. The van der Waals surface area contributed by atoms with Crippen molar-refractivity contribution in [3.05, 3.63) is 46.4 Å². The van der Waals surface area contributed by atoms with Crippen LogP contribution in [0.25, 0.3) is 27.9 Å². The summed E-state index contributed by atoms with van der Waals surface area (Å²) in [4.78, 5) is 16.4. The van der Waals surface area contributed by atoms with Gasteiger partial charge in [-0.3, -0.25) is 9.89 Å². The summed E-state index contributed by atoms with van der Waals surface area (Å²) < 4.78 is 1.23. The van der Waals surface area contributed by atoms with Gasteiger partial charge in [0, 0.05) is 17.8 Å². The summed E-state index contributed by atoms with van der Waals surface area (Å²) in [6, 6.07) is 8.80. The number of hydrogen-bond donors (Lipinski definition) is 2. The van der Waals surface area contributed by atoms with Crippen molar-refractivity contribution in [2.24, 2.45) is 0 Å². The second kappa shape index (κ2) is 4.01. The summed E-state index contributed by atoms with van der Waals surface area (Å²) in [6.45, 7) is 0. The Morgan fingerprint density at radius 3 is 2.90 bits per heavy atom. The van der Waals surface area contributed by atoms with E-state index >= 15 is 0 Å². The van der Waals surface area contributed by atoms with Crippen molar-refractivity contribution in [2.75, 3.05) is 0 Å². The van der Waals surface area contributed by atoms with Crippen LogP contribution in [0.2, 0.25) is 0 Å². The molecule has 1 aromatic carbocycles.